The summed E-state index contributed by atoms with van der Waals surface area (Å²) >= 11 is 0. The monoisotopic (exact) mass is 293 g/mol. The van der Waals surface area contributed by atoms with Crippen LogP contribution in [0.1, 0.15) is 11.1 Å². The molecule has 0 aromatic heterocycles. The van der Waals surface area contributed by atoms with Crippen molar-refractivity contribution in [1.82, 2.24) is 4.90 Å². The summed E-state index contributed by atoms with van der Waals surface area (Å²) in [5.41, 5.74) is 1.25. The molecule has 1 N–H and O–H groups in total. The second-order valence-corrected chi connectivity index (χ2v) is 4.71. The maximum absolute atomic E-state index is 12.4. The van der Waals surface area contributed by atoms with Gasteiger partial charge in [0.25, 0.3) is 11.8 Å². The van der Waals surface area contributed by atoms with Gasteiger partial charge in [0.2, 0.25) is 0 Å². The van der Waals surface area contributed by atoms with E-state index in [0.29, 0.717) is 11.1 Å². The molecule has 2 aromatic carbocycles. The van der Waals surface area contributed by atoms with E-state index in [1.807, 2.05) is 0 Å². The van der Waals surface area contributed by atoms with Gasteiger partial charge in [-0.05, 0) is 11.1 Å². The molecular weight excluding hydrogens is 282 g/mol. The lowest BCUT2D eigenvalue weighted by atomic mass is 9.96. The van der Waals surface area contributed by atoms with Gasteiger partial charge in [-0.2, -0.15) is 4.90 Å². The highest BCUT2D eigenvalue weighted by Gasteiger charge is 2.43. The molecule has 2 aromatic rings. The Morgan fingerprint density at radius 3 is 1.41 bits per heavy atom. The van der Waals surface area contributed by atoms with Gasteiger partial charge in [-0.1, -0.05) is 60.7 Å². The van der Waals surface area contributed by atoms with Crippen molar-refractivity contribution in [3.05, 3.63) is 71.8 Å². The number of rotatable bonds is 2. The van der Waals surface area contributed by atoms with Gasteiger partial charge in [0.05, 0.1) is 11.1 Å². The van der Waals surface area contributed by atoms with Crippen LogP contribution in [0, 0.1) is 0 Å². The van der Waals surface area contributed by atoms with Crippen LogP contribution in [0.15, 0.2) is 60.7 Å². The van der Waals surface area contributed by atoms with Crippen LogP contribution in [-0.2, 0) is 9.59 Å². The molecular formula is C17H11NO4. The lowest BCUT2D eigenvalue weighted by Crippen LogP contribution is -2.36. The fourth-order valence-electron chi connectivity index (χ4n) is 2.45. The fourth-order valence-corrected chi connectivity index (χ4v) is 2.45. The quantitative estimate of drug-likeness (QED) is 0.864. The van der Waals surface area contributed by atoms with Crippen molar-refractivity contribution in [2.24, 2.45) is 0 Å². The second kappa shape index (κ2) is 5.29. The Balaban J connectivity index is 2.26. The van der Waals surface area contributed by atoms with Gasteiger partial charge < -0.3 is 5.11 Å². The predicted octanol–water partition coefficient (Wildman–Crippen LogP) is 2.64. The first kappa shape index (κ1) is 13.8. The van der Waals surface area contributed by atoms with E-state index in [4.69, 9.17) is 5.11 Å². The minimum absolute atomic E-state index is 0.110. The van der Waals surface area contributed by atoms with Crippen LogP contribution in [0.4, 0.5) is 4.79 Å². The number of carboxylic acid groups (broad SMARTS) is 1. The summed E-state index contributed by atoms with van der Waals surface area (Å²) in [4.78, 5) is 36.3. The van der Waals surface area contributed by atoms with E-state index >= 15 is 0 Å². The SMILES string of the molecule is O=C(O)N1C(=O)C(c2ccccc2)=C(c2ccccc2)C1=O. The molecule has 108 valence electrons. The summed E-state index contributed by atoms with van der Waals surface area (Å²) in [6.07, 6.45) is -1.57. The smallest absolute Gasteiger partial charge is 0.421 e. The molecule has 0 atom stereocenters. The molecule has 0 saturated carbocycles. The lowest BCUT2D eigenvalue weighted by molar-refractivity contribution is -0.133. The van der Waals surface area contributed by atoms with Gasteiger partial charge >= 0.3 is 6.09 Å². The van der Waals surface area contributed by atoms with E-state index < -0.39 is 17.9 Å². The Hall–Kier alpha value is -3.21. The summed E-state index contributed by atoms with van der Waals surface area (Å²) in [6, 6.07) is 17.2. The number of benzene rings is 2. The van der Waals surface area contributed by atoms with Crippen LogP contribution < -0.4 is 0 Å². The van der Waals surface area contributed by atoms with Crippen LogP contribution in [-0.4, -0.2) is 27.9 Å². The molecule has 1 aliphatic rings. The molecule has 0 aliphatic carbocycles. The first-order chi connectivity index (χ1) is 10.6. The molecule has 1 aliphatic heterocycles. The van der Waals surface area contributed by atoms with Gasteiger partial charge in [0.15, 0.2) is 0 Å². The topological polar surface area (TPSA) is 74.7 Å². The van der Waals surface area contributed by atoms with Gasteiger partial charge in [-0.3, -0.25) is 9.59 Å². The zero-order chi connectivity index (χ0) is 15.7. The van der Waals surface area contributed by atoms with Crippen molar-refractivity contribution in [1.29, 1.82) is 0 Å². The normalized spacial score (nSPS) is 14.6. The highest BCUT2D eigenvalue weighted by Crippen LogP contribution is 2.35. The summed E-state index contributed by atoms with van der Waals surface area (Å²) in [5.74, 6) is -1.63. The summed E-state index contributed by atoms with van der Waals surface area (Å²) in [6.45, 7) is 0. The van der Waals surface area contributed by atoms with E-state index in [1.54, 1.807) is 60.7 Å². The Morgan fingerprint density at radius 2 is 1.09 bits per heavy atom. The highest BCUT2D eigenvalue weighted by atomic mass is 16.4. The number of carbonyl (C=O) groups is 3. The van der Waals surface area contributed by atoms with Crippen molar-refractivity contribution in [2.75, 3.05) is 0 Å². The van der Waals surface area contributed by atoms with Crippen molar-refractivity contribution in [2.45, 2.75) is 0 Å². The standard InChI is InChI=1S/C17H11NO4/c19-15-13(11-7-3-1-4-8-11)14(12-9-5-2-6-10-12)16(20)18(15)17(21)22/h1-10H,(H,21,22). The van der Waals surface area contributed by atoms with E-state index in [2.05, 4.69) is 0 Å². The molecule has 0 bridgehead atoms. The highest BCUT2D eigenvalue weighted by molar-refractivity contribution is 6.51. The van der Waals surface area contributed by atoms with Gasteiger partial charge in [0.1, 0.15) is 0 Å². The third-order valence-corrected chi connectivity index (χ3v) is 3.40. The number of amides is 3. The van der Waals surface area contributed by atoms with E-state index in [-0.39, 0.29) is 16.0 Å². The third kappa shape index (κ3) is 2.09. The predicted molar refractivity (Wildman–Crippen MR) is 79.6 cm³/mol. The van der Waals surface area contributed by atoms with Crippen molar-refractivity contribution in [3.63, 3.8) is 0 Å². The average Bonchev–Trinajstić information content (AvgIpc) is 2.80. The van der Waals surface area contributed by atoms with E-state index in [0.717, 1.165) is 0 Å². The molecule has 0 spiro atoms. The Bertz CT molecular complexity index is 732. The molecule has 0 saturated heterocycles. The summed E-state index contributed by atoms with van der Waals surface area (Å²) in [7, 11) is 0. The Labute approximate surface area is 126 Å². The Kier molecular flexibility index (Phi) is 3.31. The van der Waals surface area contributed by atoms with Crippen LogP contribution in [0.25, 0.3) is 11.1 Å². The third-order valence-electron chi connectivity index (χ3n) is 3.40. The summed E-state index contributed by atoms with van der Waals surface area (Å²) in [5, 5.41) is 9.14. The second-order valence-electron chi connectivity index (χ2n) is 4.71. The average molecular weight is 293 g/mol. The minimum atomic E-state index is -1.57. The van der Waals surface area contributed by atoms with E-state index in [1.165, 1.54) is 0 Å². The van der Waals surface area contributed by atoms with Gasteiger partial charge in [0, 0.05) is 0 Å². The number of hydrogen-bond acceptors (Lipinski definition) is 3. The number of nitrogens with zero attached hydrogens (tertiary/aromatic N) is 1. The van der Waals surface area contributed by atoms with Gasteiger partial charge in [-0.25, -0.2) is 4.79 Å². The fraction of sp³-hybridized carbons (Fsp3) is 0. The number of hydrogen-bond donors (Lipinski definition) is 1. The molecule has 3 rings (SSSR count). The summed E-state index contributed by atoms with van der Waals surface area (Å²) < 4.78 is 0. The molecule has 22 heavy (non-hydrogen) atoms. The zero-order valence-corrected chi connectivity index (χ0v) is 11.4. The first-order valence-corrected chi connectivity index (χ1v) is 6.58. The maximum atomic E-state index is 12.4. The first-order valence-electron chi connectivity index (χ1n) is 6.58. The molecule has 5 heteroatoms. The van der Waals surface area contributed by atoms with Crippen molar-refractivity contribution in [3.8, 4) is 0 Å². The molecule has 0 unspecified atom stereocenters. The van der Waals surface area contributed by atoms with Crippen molar-refractivity contribution < 1.29 is 19.5 Å². The molecule has 0 radical (unpaired) electrons. The molecule has 0 fully saturated rings. The van der Waals surface area contributed by atoms with E-state index in [9.17, 15) is 14.4 Å². The number of imide groups is 3. The van der Waals surface area contributed by atoms with Crippen molar-refractivity contribution >= 4 is 29.1 Å². The van der Waals surface area contributed by atoms with Crippen LogP contribution in [0.2, 0.25) is 0 Å². The molecule has 5 nitrogen and oxygen atoms in total. The lowest BCUT2D eigenvalue weighted by Gasteiger charge is -2.07. The molecule has 1 heterocycles. The largest absolute Gasteiger partial charge is 0.464 e. The van der Waals surface area contributed by atoms with Crippen LogP contribution in [0.5, 0.6) is 0 Å². The minimum Gasteiger partial charge on any atom is -0.464 e. The van der Waals surface area contributed by atoms with Gasteiger partial charge in [-0.15, -0.1) is 0 Å². The van der Waals surface area contributed by atoms with Crippen LogP contribution in [0.3, 0.4) is 0 Å². The van der Waals surface area contributed by atoms with Crippen LogP contribution >= 0.6 is 0 Å². The number of carbonyl (C=O) groups excluding carboxylic acids is 2. The zero-order valence-electron chi connectivity index (χ0n) is 11.4. The molecule has 3 amide bonds. The Morgan fingerprint density at radius 1 is 0.727 bits per heavy atom. The maximum Gasteiger partial charge on any atom is 0.421 e.